The monoisotopic (exact) mass is 350 g/mol. The molecule has 2 nitrogen and oxygen atoms in total. The molecule has 0 saturated heterocycles. The normalized spacial score (nSPS) is 10.7. The van der Waals surface area contributed by atoms with Crippen LogP contribution in [-0.2, 0) is 6.54 Å². The number of halogens is 2. The van der Waals surface area contributed by atoms with E-state index in [2.05, 4.69) is 52.1 Å². The largest absolute Gasteiger partial charge is 0.341 e. The van der Waals surface area contributed by atoms with Crippen LogP contribution in [0.15, 0.2) is 46.9 Å². The number of nitrogens with zero attached hydrogens (tertiary/aromatic N) is 1. The summed E-state index contributed by atoms with van der Waals surface area (Å²) in [5.41, 5.74) is 3.17. The predicted molar refractivity (Wildman–Crippen MR) is 90.6 cm³/mol. The summed E-state index contributed by atoms with van der Waals surface area (Å²) < 4.78 is 14.6. The minimum Gasteiger partial charge on any atom is -0.341 e. The summed E-state index contributed by atoms with van der Waals surface area (Å²) in [5.74, 6) is -0.212. The molecule has 0 atom stereocenters. The van der Waals surface area contributed by atoms with Crippen LogP contribution in [0.25, 0.3) is 0 Å². The molecule has 2 rings (SSSR count). The van der Waals surface area contributed by atoms with E-state index in [1.165, 1.54) is 11.6 Å². The van der Waals surface area contributed by atoms with Crippen molar-refractivity contribution in [3.63, 3.8) is 0 Å². The van der Waals surface area contributed by atoms with Crippen molar-refractivity contribution >= 4 is 27.3 Å². The van der Waals surface area contributed by atoms with Gasteiger partial charge in [-0.15, -0.1) is 0 Å². The van der Waals surface area contributed by atoms with Crippen molar-refractivity contribution < 1.29 is 4.39 Å². The first-order valence-electron chi connectivity index (χ1n) is 7.18. The van der Waals surface area contributed by atoms with Crippen LogP contribution in [-0.4, -0.2) is 13.1 Å². The van der Waals surface area contributed by atoms with Crippen molar-refractivity contribution in [2.24, 2.45) is 0 Å². The highest BCUT2D eigenvalue weighted by atomic mass is 79.9. The molecule has 1 N–H and O–H groups in total. The Hall–Kier alpha value is -1.39. The molecule has 0 spiro atoms. The van der Waals surface area contributed by atoms with Crippen LogP contribution in [0.3, 0.4) is 0 Å². The number of hydrogen-bond donors (Lipinski definition) is 1. The fraction of sp³-hybridized carbons (Fsp3) is 0.294. The van der Waals surface area contributed by atoms with Crippen molar-refractivity contribution in [2.75, 3.05) is 18.0 Å². The van der Waals surface area contributed by atoms with Crippen molar-refractivity contribution in [1.29, 1.82) is 0 Å². The zero-order valence-electron chi connectivity index (χ0n) is 12.4. The molecule has 0 amide bonds. The van der Waals surface area contributed by atoms with Gasteiger partial charge >= 0.3 is 0 Å². The molecule has 0 radical (unpaired) electrons. The van der Waals surface area contributed by atoms with Crippen molar-refractivity contribution in [1.82, 2.24) is 5.32 Å². The number of nitrogens with one attached hydrogen (secondary N) is 1. The summed E-state index contributed by atoms with van der Waals surface area (Å²) in [6.45, 7) is 6.64. The zero-order chi connectivity index (χ0) is 15.2. The van der Waals surface area contributed by atoms with Gasteiger partial charge in [-0.2, -0.15) is 0 Å². The van der Waals surface area contributed by atoms with E-state index in [4.69, 9.17) is 0 Å². The Labute approximate surface area is 134 Å². The average Bonchev–Trinajstić information content (AvgIpc) is 2.48. The first-order valence-corrected chi connectivity index (χ1v) is 7.97. The highest BCUT2D eigenvalue weighted by molar-refractivity contribution is 9.10. The fourth-order valence-corrected chi connectivity index (χ4v) is 2.76. The van der Waals surface area contributed by atoms with E-state index in [1.807, 2.05) is 12.1 Å². The Bertz CT molecular complexity index is 601. The van der Waals surface area contributed by atoms with Crippen molar-refractivity contribution in [3.05, 3.63) is 58.3 Å². The number of benzene rings is 2. The van der Waals surface area contributed by atoms with E-state index < -0.39 is 0 Å². The third-order valence-corrected chi connectivity index (χ3v) is 3.83. The molecule has 112 valence electrons. The van der Waals surface area contributed by atoms with Gasteiger partial charge in [0.2, 0.25) is 0 Å². The van der Waals surface area contributed by atoms with Gasteiger partial charge in [0.25, 0.3) is 0 Å². The molecule has 21 heavy (non-hydrogen) atoms. The first-order chi connectivity index (χ1) is 10.2. The van der Waals surface area contributed by atoms with Gasteiger partial charge in [0, 0.05) is 28.9 Å². The Morgan fingerprint density at radius 3 is 2.62 bits per heavy atom. The zero-order valence-corrected chi connectivity index (χ0v) is 14.0. The molecular formula is C17H20BrFN2. The number of anilines is 2. The topological polar surface area (TPSA) is 15.3 Å². The van der Waals surface area contributed by atoms with Gasteiger partial charge in [-0.3, -0.25) is 0 Å². The van der Waals surface area contributed by atoms with Gasteiger partial charge in [0.15, 0.2) is 0 Å². The maximum atomic E-state index is 13.5. The summed E-state index contributed by atoms with van der Waals surface area (Å²) in [4.78, 5) is 2.13. The summed E-state index contributed by atoms with van der Waals surface area (Å²) >= 11 is 3.52. The quantitative estimate of drug-likeness (QED) is 0.800. The maximum absolute atomic E-state index is 13.5. The Morgan fingerprint density at radius 1 is 1.14 bits per heavy atom. The molecule has 0 aliphatic carbocycles. The molecule has 0 bridgehead atoms. The van der Waals surface area contributed by atoms with Gasteiger partial charge in [0.1, 0.15) is 5.82 Å². The van der Waals surface area contributed by atoms with Crippen molar-refractivity contribution in [2.45, 2.75) is 20.4 Å². The van der Waals surface area contributed by atoms with E-state index in [0.717, 1.165) is 35.5 Å². The SMILES string of the molecule is CCNCc1cc(Br)ccc1N(CC)c1cccc(F)c1. The summed E-state index contributed by atoms with van der Waals surface area (Å²) in [7, 11) is 0. The fourth-order valence-electron chi connectivity index (χ4n) is 2.35. The van der Waals surface area contributed by atoms with Gasteiger partial charge in [-0.1, -0.05) is 28.9 Å². The molecular weight excluding hydrogens is 331 g/mol. The van der Waals surface area contributed by atoms with E-state index in [0.29, 0.717) is 0 Å². The Morgan fingerprint density at radius 2 is 1.95 bits per heavy atom. The standard InChI is InChI=1S/C17H20BrFN2/c1-3-20-12-13-10-14(18)8-9-17(13)21(4-2)16-7-5-6-15(19)11-16/h5-11,20H,3-4,12H2,1-2H3. The number of hydrogen-bond acceptors (Lipinski definition) is 2. The second kappa shape index (κ2) is 7.57. The smallest absolute Gasteiger partial charge is 0.125 e. The van der Waals surface area contributed by atoms with Crippen LogP contribution in [0.2, 0.25) is 0 Å². The van der Waals surface area contributed by atoms with E-state index in [9.17, 15) is 4.39 Å². The minimum atomic E-state index is -0.212. The molecule has 0 aliphatic rings. The van der Waals surface area contributed by atoms with Crippen LogP contribution in [0.4, 0.5) is 15.8 Å². The van der Waals surface area contributed by atoms with Crippen LogP contribution in [0.5, 0.6) is 0 Å². The summed E-state index contributed by atoms with van der Waals surface area (Å²) in [5, 5.41) is 3.35. The van der Waals surface area contributed by atoms with Gasteiger partial charge < -0.3 is 10.2 Å². The van der Waals surface area contributed by atoms with Gasteiger partial charge in [-0.25, -0.2) is 4.39 Å². The minimum absolute atomic E-state index is 0.212. The maximum Gasteiger partial charge on any atom is 0.125 e. The van der Waals surface area contributed by atoms with Gasteiger partial charge in [-0.05, 0) is 55.4 Å². The lowest BCUT2D eigenvalue weighted by molar-refractivity contribution is 0.627. The van der Waals surface area contributed by atoms with E-state index in [1.54, 1.807) is 12.1 Å². The highest BCUT2D eigenvalue weighted by Gasteiger charge is 2.12. The summed E-state index contributed by atoms with van der Waals surface area (Å²) in [6, 6.07) is 12.9. The number of rotatable bonds is 6. The Kier molecular flexibility index (Phi) is 5.76. The van der Waals surface area contributed by atoms with Crippen LogP contribution in [0, 0.1) is 5.82 Å². The lowest BCUT2D eigenvalue weighted by atomic mass is 10.1. The lowest BCUT2D eigenvalue weighted by Crippen LogP contribution is -2.20. The molecule has 0 fully saturated rings. The third kappa shape index (κ3) is 4.05. The lowest BCUT2D eigenvalue weighted by Gasteiger charge is -2.26. The van der Waals surface area contributed by atoms with Crippen molar-refractivity contribution in [3.8, 4) is 0 Å². The molecule has 0 aliphatic heterocycles. The molecule has 0 unspecified atom stereocenters. The Balaban J connectivity index is 2.41. The molecule has 0 heterocycles. The third-order valence-electron chi connectivity index (χ3n) is 3.33. The predicted octanol–water partition coefficient (Wildman–Crippen LogP) is 4.86. The first kappa shape index (κ1) is 16.0. The molecule has 2 aromatic rings. The van der Waals surface area contributed by atoms with E-state index in [-0.39, 0.29) is 5.82 Å². The van der Waals surface area contributed by atoms with Crippen LogP contribution >= 0.6 is 15.9 Å². The van der Waals surface area contributed by atoms with Crippen LogP contribution in [0.1, 0.15) is 19.4 Å². The molecule has 2 aromatic carbocycles. The molecule has 4 heteroatoms. The van der Waals surface area contributed by atoms with Gasteiger partial charge in [0.05, 0.1) is 0 Å². The summed E-state index contributed by atoms with van der Waals surface area (Å²) in [6.07, 6.45) is 0. The molecule has 0 aromatic heterocycles. The van der Waals surface area contributed by atoms with E-state index >= 15 is 0 Å². The molecule has 0 saturated carbocycles. The second-order valence-electron chi connectivity index (χ2n) is 4.78. The second-order valence-corrected chi connectivity index (χ2v) is 5.69. The average molecular weight is 351 g/mol. The van der Waals surface area contributed by atoms with Crippen LogP contribution < -0.4 is 10.2 Å². The highest BCUT2D eigenvalue weighted by Crippen LogP contribution is 2.30.